The fraction of sp³-hybridized carbons (Fsp3) is 0.364. The molecule has 0 bridgehead atoms. The number of ether oxygens (including phenoxy) is 3. The van der Waals surface area contributed by atoms with E-state index in [1.165, 1.54) is 0 Å². The highest BCUT2D eigenvalue weighted by molar-refractivity contribution is 9.10. The number of halogens is 1. The smallest absolute Gasteiger partial charge is 0.338 e. The molecular weight excluding hydrogens is 438 g/mol. The Morgan fingerprint density at radius 1 is 0.966 bits per heavy atom. The van der Waals surface area contributed by atoms with Gasteiger partial charge < -0.3 is 19.5 Å². The minimum Gasteiger partial charge on any atom is -0.490 e. The van der Waals surface area contributed by atoms with Crippen molar-refractivity contribution in [1.29, 1.82) is 0 Å². The number of hydrogen-bond acceptors (Lipinski definition) is 5. The summed E-state index contributed by atoms with van der Waals surface area (Å²) in [4.78, 5) is 24.3. The molecule has 6 nitrogen and oxygen atoms in total. The molecule has 0 unspecified atom stereocenters. The Morgan fingerprint density at radius 3 is 2.17 bits per heavy atom. The van der Waals surface area contributed by atoms with Gasteiger partial charge in [0, 0.05) is 10.2 Å². The van der Waals surface area contributed by atoms with Crippen LogP contribution in [0.3, 0.4) is 0 Å². The molecule has 0 saturated carbocycles. The topological polar surface area (TPSA) is 73.9 Å². The first-order valence-corrected chi connectivity index (χ1v) is 10.4. The first-order valence-electron chi connectivity index (χ1n) is 9.63. The highest BCUT2D eigenvalue weighted by Crippen LogP contribution is 2.34. The molecular formula is C22H26BrNO5. The number of esters is 1. The van der Waals surface area contributed by atoms with E-state index in [-0.39, 0.29) is 18.3 Å². The molecule has 0 aromatic heterocycles. The molecule has 0 radical (unpaired) electrons. The molecule has 0 spiro atoms. The van der Waals surface area contributed by atoms with E-state index in [4.69, 9.17) is 14.2 Å². The third-order valence-corrected chi connectivity index (χ3v) is 4.64. The van der Waals surface area contributed by atoms with Gasteiger partial charge in [-0.2, -0.15) is 0 Å². The molecule has 2 aromatic rings. The van der Waals surface area contributed by atoms with Crippen LogP contribution < -0.4 is 14.8 Å². The first kappa shape index (κ1) is 22.7. The van der Waals surface area contributed by atoms with Crippen molar-refractivity contribution in [3.8, 4) is 11.5 Å². The van der Waals surface area contributed by atoms with Gasteiger partial charge in [0.05, 0.1) is 31.8 Å². The van der Waals surface area contributed by atoms with E-state index >= 15 is 0 Å². The maximum atomic E-state index is 12.5. The molecule has 1 amide bonds. The van der Waals surface area contributed by atoms with E-state index in [0.717, 1.165) is 16.5 Å². The van der Waals surface area contributed by atoms with Gasteiger partial charge in [-0.15, -0.1) is 0 Å². The number of hydrogen-bond donors (Lipinski definition) is 1. The van der Waals surface area contributed by atoms with Crippen molar-refractivity contribution in [3.05, 3.63) is 52.0 Å². The molecule has 0 heterocycles. The van der Waals surface area contributed by atoms with E-state index in [0.29, 0.717) is 42.6 Å². The minimum atomic E-state index is -0.369. The largest absolute Gasteiger partial charge is 0.490 e. The fourth-order valence-corrected chi connectivity index (χ4v) is 3.06. The molecule has 2 rings (SSSR count). The lowest BCUT2D eigenvalue weighted by Crippen LogP contribution is -2.15. The lowest BCUT2D eigenvalue weighted by molar-refractivity contribution is -0.115. The van der Waals surface area contributed by atoms with Crippen LogP contribution in [0.4, 0.5) is 5.69 Å². The number of benzene rings is 2. The van der Waals surface area contributed by atoms with Crippen molar-refractivity contribution in [2.24, 2.45) is 0 Å². The average Bonchev–Trinajstić information content (AvgIpc) is 2.70. The predicted octanol–water partition coefficient (Wildman–Crippen LogP) is 4.99. The van der Waals surface area contributed by atoms with Crippen LogP contribution in [0, 0.1) is 0 Å². The van der Waals surface area contributed by atoms with Crippen LogP contribution in [0.1, 0.15) is 43.1 Å². The quantitative estimate of drug-likeness (QED) is 0.502. The molecule has 0 aliphatic heterocycles. The molecule has 0 atom stereocenters. The zero-order chi connectivity index (χ0) is 21.2. The summed E-state index contributed by atoms with van der Waals surface area (Å²) in [5.41, 5.74) is 1.84. The lowest BCUT2D eigenvalue weighted by atomic mass is 10.1. The molecule has 7 heteroatoms. The Balaban J connectivity index is 2.05. The fourth-order valence-electron chi connectivity index (χ4n) is 2.60. The number of amides is 1. The number of rotatable bonds is 10. The van der Waals surface area contributed by atoms with Crippen LogP contribution in [-0.4, -0.2) is 31.7 Å². The Hall–Kier alpha value is -2.54. The van der Waals surface area contributed by atoms with Gasteiger partial charge in [-0.25, -0.2) is 4.79 Å². The summed E-state index contributed by atoms with van der Waals surface area (Å²) in [5.74, 6) is 0.691. The lowest BCUT2D eigenvalue weighted by Gasteiger charge is -2.14. The van der Waals surface area contributed by atoms with Crippen LogP contribution in [0.2, 0.25) is 0 Å². The Bertz CT molecular complexity index is 836. The summed E-state index contributed by atoms with van der Waals surface area (Å²) < 4.78 is 17.1. The maximum Gasteiger partial charge on any atom is 0.338 e. The number of carbonyl (C=O) groups excluding carboxylic acids is 2. The maximum absolute atomic E-state index is 12.5. The zero-order valence-electron chi connectivity index (χ0n) is 16.9. The van der Waals surface area contributed by atoms with Crippen molar-refractivity contribution >= 4 is 33.5 Å². The van der Waals surface area contributed by atoms with Gasteiger partial charge in [0.1, 0.15) is 0 Å². The standard InChI is InChI=1S/C22H26BrNO5/c1-4-11-29-22(26)15-7-9-17(10-8-15)24-21(25)13-16-12-19(27-5-2)20(28-6-3)14-18(16)23/h7-10,12,14H,4-6,11,13H2,1-3H3,(H,24,25). The second kappa shape index (κ2) is 11.5. The van der Waals surface area contributed by atoms with E-state index in [9.17, 15) is 9.59 Å². The van der Waals surface area contributed by atoms with Gasteiger partial charge in [0.2, 0.25) is 5.91 Å². The third kappa shape index (κ3) is 6.78. The minimum absolute atomic E-state index is 0.160. The Labute approximate surface area is 179 Å². The summed E-state index contributed by atoms with van der Waals surface area (Å²) >= 11 is 3.50. The summed E-state index contributed by atoms with van der Waals surface area (Å²) in [6, 6.07) is 10.2. The average molecular weight is 464 g/mol. The van der Waals surface area contributed by atoms with Crippen LogP contribution in [0.25, 0.3) is 0 Å². The molecule has 0 aliphatic carbocycles. The Kier molecular flexibility index (Phi) is 8.99. The number of nitrogens with one attached hydrogen (secondary N) is 1. The molecule has 156 valence electrons. The van der Waals surface area contributed by atoms with Gasteiger partial charge in [0.15, 0.2) is 11.5 Å². The van der Waals surface area contributed by atoms with Crippen LogP contribution in [-0.2, 0) is 16.0 Å². The Morgan fingerprint density at radius 2 is 1.59 bits per heavy atom. The second-order valence-electron chi connectivity index (χ2n) is 6.19. The van der Waals surface area contributed by atoms with E-state index < -0.39 is 0 Å². The van der Waals surface area contributed by atoms with Gasteiger partial charge in [0.25, 0.3) is 0 Å². The molecule has 1 N–H and O–H groups in total. The molecule has 2 aromatic carbocycles. The van der Waals surface area contributed by atoms with E-state index in [1.54, 1.807) is 24.3 Å². The summed E-state index contributed by atoms with van der Waals surface area (Å²) in [5, 5.41) is 2.83. The molecule has 0 saturated heterocycles. The van der Waals surface area contributed by atoms with E-state index in [1.807, 2.05) is 32.9 Å². The van der Waals surface area contributed by atoms with Crippen LogP contribution in [0.15, 0.2) is 40.9 Å². The van der Waals surface area contributed by atoms with Gasteiger partial charge >= 0.3 is 5.97 Å². The van der Waals surface area contributed by atoms with Crippen molar-refractivity contribution in [3.63, 3.8) is 0 Å². The number of carbonyl (C=O) groups is 2. The normalized spacial score (nSPS) is 10.3. The number of anilines is 1. The molecule has 29 heavy (non-hydrogen) atoms. The predicted molar refractivity (Wildman–Crippen MR) is 116 cm³/mol. The van der Waals surface area contributed by atoms with Crippen LogP contribution >= 0.6 is 15.9 Å². The SMILES string of the molecule is CCCOC(=O)c1ccc(NC(=O)Cc2cc(OCC)c(OCC)cc2Br)cc1. The van der Waals surface area contributed by atoms with E-state index in [2.05, 4.69) is 21.2 Å². The van der Waals surface area contributed by atoms with Gasteiger partial charge in [-0.1, -0.05) is 22.9 Å². The molecule has 0 fully saturated rings. The first-order chi connectivity index (χ1) is 14.0. The van der Waals surface area contributed by atoms with Crippen molar-refractivity contribution < 1.29 is 23.8 Å². The monoisotopic (exact) mass is 463 g/mol. The van der Waals surface area contributed by atoms with Gasteiger partial charge in [-0.05, 0) is 62.2 Å². The van der Waals surface area contributed by atoms with Gasteiger partial charge in [-0.3, -0.25) is 4.79 Å². The van der Waals surface area contributed by atoms with Crippen molar-refractivity contribution in [1.82, 2.24) is 0 Å². The summed E-state index contributed by atoms with van der Waals surface area (Å²) in [6.45, 7) is 7.14. The third-order valence-electron chi connectivity index (χ3n) is 3.91. The molecule has 0 aliphatic rings. The summed E-state index contributed by atoms with van der Waals surface area (Å²) in [7, 11) is 0. The zero-order valence-corrected chi connectivity index (χ0v) is 18.5. The van der Waals surface area contributed by atoms with Crippen molar-refractivity contribution in [2.45, 2.75) is 33.6 Å². The highest BCUT2D eigenvalue weighted by Gasteiger charge is 2.14. The van der Waals surface area contributed by atoms with Crippen LogP contribution in [0.5, 0.6) is 11.5 Å². The summed E-state index contributed by atoms with van der Waals surface area (Å²) in [6.07, 6.45) is 0.930. The second-order valence-corrected chi connectivity index (χ2v) is 7.05. The van der Waals surface area contributed by atoms with Crippen molar-refractivity contribution in [2.75, 3.05) is 25.1 Å². The highest BCUT2D eigenvalue weighted by atomic mass is 79.9.